The number of hydrogen-bond donors (Lipinski definition) is 2. The van der Waals surface area contributed by atoms with E-state index in [-0.39, 0.29) is 36.5 Å². The molecule has 2 atom stereocenters. The summed E-state index contributed by atoms with van der Waals surface area (Å²) in [7, 11) is 0. The molecule has 1 aliphatic rings. The summed E-state index contributed by atoms with van der Waals surface area (Å²) >= 11 is 0. The highest BCUT2D eigenvalue weighted by atomic mass is 19.3. The zero-order valence-corrected chi connectivity index (χ0v) is 20.7. The Kier molecular flexibility index (Phi) is 10.4. The molecule has 1 saturated carbocycles. The van der Waals surface area contributed by atoms with Crippen molar-refractivity contribution < 1.29 is 37.4 Å². The number of rotatable bonds is 10. The summed E-state index contributed by atoms with van der Waals surface area (Å²) < 4.78 is 39.9. The van der Waals surface area contributed by atoms with Crippen LogP contribution < -0.4 is 15.8 Å². The molecule has 0 spiro atoms. The highest BCUT2D eigenvalue weighted by Gasteiger charge is 2.35. The van der Waals surface area contributed by atoms with Gasteiger partial charge in [0.05, 0.1) is 6.61 Å². The molecule has 0 heterocycles. The second-order valence-electron chi connectivity index (χ2n) is 9.71. The zero-order valence-electron chi connectivity index (χ0n) is 20.7. The lowest BCUT2D eigenvalue weighted by molar-refractivity contribution is -0.158. The van der Waals surface area contributed by atoms with Crippen molar-refractivity contribution in [2.75, 3.05) is 6.61 Å². The number of nitrogens with two attached hydrogens (primary N) is 1. The van der Waals surface area contributed by atoms with Crippen LogP contribution in [0, 0.1) is 11.8 Å². The average molecular weight is 499 g/mol. The summed E-state index contributed by atoms with van der Waals surface area (Å²) in [5.41, 5.74) is 6.02. The van der Waals surface area contributed by atoms with Gasteiger partial charge in [0.25, 0.3) is 0 Å². The van der Waals surface area contributed by atoms with Crippen molar-refractivity contribution >= 4 is 17.8 Å². The largest absolute Gasteiger partial charge is 0.464 e. The normalized spacial score (nSPS) is 20.0. The summed E-state index contributed by atoms with van der Waals surface area (Å²) in [6, 6.07) is 4.23. The lowest BCUT2D eigenvalue weighted by Crippen LogP contribution is -2.48. The van der Waals surface area contributed by atoms with E-state index in [9.17, 15) is 23.2 Å². The second kappa shape index (κ2) is 12.8. The second-order valence-corrected chi connectivity index (χ2v) is 9.71. The van der Waals surface area contributed by atoms with Gasteiger partial charge in [-0.15, -0.1) is 0 Å². The Bertz CT molecular complexity index is 866. The molecule has 3 N–H and O–H groups in total. The third kappa shape index (κ3) is 9.43. The summed E-state index contributed by atoms with van der Waals surface area (Å²) in [5.74, 6) is -1.83. The van der Waals surface area contributed by atoms with Crippen molar-refractivity contribution in [1.82, 2.24) is 5.32 Å². The molecule has 2 unspecified atom stereocenters. The van der Waals surface area contributed by atoms with Crippen LogP contribution in [0.5, 0.6) is 5.75 Å². The minimum Gasteiger partial charge on any atom is -0.464 e. The number of carbonyl (C=O) groups excluding carboxylic acids is 3. The Labute approximate surface area is 204 Å². The Morgan fingerprint density at radius 3 is 2.34 bits per heavy atom. The van der Waals surface area contributed by atoms with Gasteiger partial charge in [-0.25, -0.2) is 4.79 Å². The number of amides is 1. The van der Waals surface area contributed by atoms with E-state index in [4.69, 9.17) is 15.2 Å². The Morgan fingerprint density at radius 2 is 1.77 bits per heavy atom. The average Bonchev–Trinajstić information content (AvgIpc) is 2.77. The van der Waals surface area contributed by atoms with Crippen LogP contribution in [0.2, 0.25) is 0 Å². The number of alkyl halides is 2. The predicted octanol–water partition coefficient (Wildman–Crippen LogP) is 3.35. The molecule has 196 valence electrons. The minimum absolute atomic E-state index is 0.0360. The molecule has 1 amide bonds. The lowest BCUT2D eigenvalue weighted by atomic mass is 9.78. The number of esters is 2. The smallest absolute Gasteiger partial charge is 0.387 e. The van der Waals surface area contributed by atoms with Crippen molar-refractivity contribution in [3.8, 4) is 5.75 Å². The van der Waals surface area contributed by atoms with E-state index in [0.717, 1.165) is 0 Å². The van der Waals surface area contributed by atoms with Crippen molar-refractivity contribution in [1.29, 1.82) is 0 Å². The topological polar surface area (TPSA) is 117 Å². The van der Waals surface area contributed by atoms with Crippen LogP contribution in [-0.2, 0) is 30.3 Å². The first-order valence-corrected chi connectivity index (χ1v) is 11.9. The van der Waals surface area contributed by atoms with Gasteiger partial charge >= 0.3 is 18.6 Å². The molecule has 2 rings (SSSR count). The highest BCUT2D eigenvalue weighted by Crippen LogP contribution is 2.31. The molecule has 1 aliphatic carbocycles. The van der Waals surface area contributed by atoms with Crippen molar-refractivity contribution in [3.63, 3.8) is 0 Å². The fourth-order valence-corrected chi connectivity index (χ4v) is 4.11. The molecule has 10 heteroatoms. The van der Waals surface area contributed by atoms with Gasteiger partial charge in [-0.1, -0.05) is 12.1 Å². The van der Waals surface area contributed by atoms with E-state index in [1.165, 1.54) is 18.2 Å². The monoisotopic (exact) mass is 498 g/mol. The quantitative estimate of drug-likeness (QED) is 0.475. The molecule has 1 aromatic carbocycles. The molecule has 0 radical (unpaired) electrons. The van der Waals surface area contributed by atoms with Crippen LogP contribution >= 0.6 is 0 Å². The van der Waals surface area contributed by atoms with Gasteiger partial charge in [0.15, 0.2) is 0 Å². The Morgan fingerprint density at radius 1 is 1.11 bits per heavy atom. The van der Waals surface area contributed by atoms with Crippen LogP contribution in [-0.4, -0.2) is 48.7 Å². The number of nitrogens with one attached hydrogen (secondary N) is 1. The number of benzene rings is 1. The molecule has 0 bridgehead atoms. The van der Waals surface area contributed by atoms with Crippen LogP contribution in [0.4, 0.5) is 8.78 Å². The van der Waals surface area contributed by atoms with E-state index < -0.39 is 36.2 Å². The maximum Gasteiger partial charge on any atom is 0.387 e. The number of hydrogen-bond acceptors (Lipinski definition) is 7. The molecule has 0 saturated heterocycles. The number of halogens is 2. The highest BCUT2D eigenvalue weighted by molar-refractivity contribution is 5.86. The van der Waals surface area contributed by atoms with Gasteiger partial charge in [-0.05, 0) is 77.0 Å². The van der Waals surface area contributed by atoms with Gasteiger partial charge in [0.2, 0.25) is 5.91 Å². The van der Waals surface area contributed by atoms with E-state index >= 15 is 0 Å². The lowest BCUT2D eigenvalue weighted by Gasteiger charge is -2.32. The minimum atomic E-state index is -2.97. The van der Waals surface area contributed by atoms with Crippen molar-refractivity contribution in [2.45, 2.75) is 84.1 Å². The molecular weight excluding hydrogens is 462 g/mol. The predicted molar refractivity (Wildman–Crippen MR) is 125 cm³/mol. The first-order chi connectivity index (χ1) is 16.4. The molecule has 35 heavy (non-hydrogen) atoms. The molecule has 0 aromatic heterocycles. The van der Waals surface area contributed by atoms with E-state index in [0.29, 0.717) is 31.2 Å². The fourth-order valence-electron chi connectivity index (χ4n) is 4.11. The van der Waals surface area contributed by atoms with Crippen molar-refractivity contribution in [3.05, 3.63) is 29.8 Å². The molecule has 1 fully saturated rings. The van der Waals surface area contributed by atoms with Gasteiger partial charge in [0, 0.05) is 12.3 Å². The standard InChI is InChI=1S/C25H36F2N2O6/c1-5-33-22(31)19(14-15-7-6-8-18(13-15)34-24(26)27)29-21(30)17-11-9-16(10-12-17)20(28)23(32)35-25(2,3)4/h6-8,13,16-17,19-20,24H,5,9-12,14,28H2,1-4H3,(H,29,30). The molecule has 8 nitrogen and oxygen atoms in total. The zero-order chi connectivity index (χ0) is 26.2. The van der Waals surface area contributed by atoms with Gasteiger partial charge in [0.1, 0.15) is 23.4 Å². The molecule has 0 aliphatic heterocycles. The maximum atomic E-state index is 13.0. The van der Waals surface area contributed by atoms with Crippen LogP contribution in [0.15, 0.2) is 24.3 Å². The van der Waals surface area contributed by atoms with Gasteiger partial charge in [-0.3, -0.25) is 9.59 Å². The third-order valence-electron chi connectivity index (χ3n) is 5.78. The SMILES string of the molecule is CCOC(=O)C(Cc1cccc(OC(F)F)c1)NC(=O)C1CCC(C(N)C(=O)OC(C)(C)C)CC1. The van der Waals surface area contributed by atoms with Crippen LogP contribution in [0.3, 0.4) is 0 Å². The van der Waals surface area contributed by atoms with E-state index in [1.807, 2.05) is 0 Å². The summed E-state index contributed by atoms with van der Waals surface area (Å²) in [6.45, 7) is 4.16. The van der Waals surface area contributed by atoms with Crippen molar-refractivity contribution in [2.24, 2.45) is 17.6 Å². The first kappa shape index (κ1) is 28.5. The Hall–Kier alpha value is -2.75. The van der Waals surface area contributed by atoms with Crippen LogP contribution in [0.25, 0.3) is 0 Å². The fraction of sp³-hybridized carbons (Fsp3) is 0.640. The number of carbonyl (C=O) groups is 3. The number of ether oxygens (including phenoxy) is 3. The van der Waals surface area contributed by atoms with E-state index in [2.05, 4.69) is 10.1 Å². The summed E-state index contributed by atoms with van der Waals surface area (Å²) in [6.07, 6.45) is 2.25. The van der Waals surface area contributed by atoms with Gasteiger partial charge in [-0.2, -0.15) is 8.78 Å². The third-order valence-corrected chi connectivity index (χ3v) is 5.78. The van der Waals surface area contributed by atoms with Gasteiger partial charge < -0.3 is 25.3 Å². The molecule has 1 aromatic rings. The Balaban J connectivity index is 1.98. The summed E-state index contributed by atoms with van der Waals surface area (Å²) in [5, 5.41) is 2.75. The molecular formula is C25H36F2N2O6. The van der Waals surface area contributed by atoms with Crippen LogP contribution in [0.1, 0.15) is 58.9 Å². The van der Waals surface area contributed by atoms with E-state index in [1.54, 1.807) is 33.8 Å². The maximum absolute atomic E-state index is 13.0. The summed E-state index contributed by atoms with van der Waals surface area (Å²) in [4.78, 5) is 37.7. The first-order valence-electron chi connectivity index (χ1n) is 11.9.